The van der Waals surface area contributed by atoms with Crippen LogP contribution in [0.4, 0.5) is 0 Å². The van der Waals surface area contributed by atoms with Gasteiger partial charge in [0.15, 0.2) is 0 Å². The summed E-state index contributed by atoms with van der Waals surface area (Å²) in [7, 11) is 4.31. The summed E-state index contributed by atoms with van der Waals surface area (Å²) in [6, 6.07) is 9.24. The maximum Gasteiger partial charge on any atom is 0.0175 e. The van der Waals surface area contributed by atoms with Gasteiger partial charge in [0.1, 0.15) is 0 Å². The van der Waals surface area contributed by atoms with Gasteiger partial charge in [0.2, 0.25) is 0 Å². The third-order valence-electron chi connectivity index (χ3n) is 2.79. The normalized spacial score (nSPS) is 13.5. The highest BCUT2D eigenvalue weighted by molar-refractivity contribution is 9.10. The van der Waals surface area contributed by atoms with E-state index in [1.165, 1.54) is 5.56 Å². The van der Waals surface area contributed by atoms with Crippen LogP contribution in [0.5, 0.6) is 0 Å². The Kier molecular flexibility index (Phi) is 4.81. The van der Waals surface area contributed by atoms with Gasteiger partial charge in [-0.3, -0.25) is 0 Å². The van der Waals surface area contributed by atoms with Gasteiger partial charge >= 0.3 is 0 Å². The molecule has 0 spiro atoms. The van der Waals surface area contributed by atoms with E-state index < -0.39 is 0 Å². The second kappa shape index (κ2) is 5.66. The standard InChI is InChI=1S/C13H20BrN/c1-10(2)13(15(3)4)9-11-5-7-12(14)8-6-11/h5-8,10,13H,9H2,1-4H3. The number of hydrogen-bond acceptors (Lipinski definition) is 1. The van der Waals surface area contributed by atoms with Crippen molar-refractivity contribution in [3.63, 3.8) is 0 Å². The summed E-state index contributed by atoms with van der Waals surface area (Å²) in [4.78, 5) is 2.31. The first kappa shape index (κ1) is 12.7. The lowest BCUT2D eigenvalue weighted by Crippen LogP contribution is -2.34. The van der Waals surface area contributed by atoms with Crippen molar-refractivity contribution < 1.29 is 0 Å². The molecule has 0 aromatic heterocycles. The molecule has 0 aliphatic carbocycles. The van der Waals surface area contributed by atoms with Crippen LogP contribution >= 0.6 is 15.9 Å². The van der Waals surface area contributed by atoms with Gasteiger partial charge < -0.3 is 4.90 Å². The molecule has 0 fully saturated rings. The molecule has 1 aromatic rings. The van der Waals surface area contributed by atoms with Crippen LogP contribution in [0, 0.1) is 5.92 Å². The molecule has 0 aliphatic heterocycles. The Bertz CT molecular complexity index is 282. The second-order valence-corrected chi connectivity index (χ2v) is 5.52. The summed E-state index contributed by atoms with van der Waals surface area (Å²) < 4.78 is 1.15. The third-order valence-corrected chi connectivity index (χ3v) is 3.32. The Morgan fingerprint density at radius 3 is 2.07 bits per heavy atom. The van der Waals surface area contributed by atoms with Gasteiger partial charge in [-0.05, 0) is 44.1 Å². The van der Waals surface area contributed by atoms with Crippen molar-refractivity contribution in [2.24, 2.45) is 5.92 Å². The molecule has 0 aliphatic rings. The fourth-order valence-electron chi connectivity index (χ4n) is 1.88. The Hall–Kier alpha value is -0.340. The molecule has 0 radical (unpaired) electrons. The Balaban J connectivity index is 2.70. The second-order valence-electron chi connectivity index (χ2n) is 4.61. The number of benzene rings is 1. The Labute approximate surface area is 102 Å². The minimum absolute atomic E-state index is 0.617. The van der Waals surface area contributed by atoms with Gasteiger partial charge in [-0.25, -0.2) is 0 Å². The van der Waals surface area contributed by atoms with Gasteiger partial charge in [-0.2, -0.15) is 0 Å². The summed E-state index contributed by atoms with van der Waals surface area (Å²) in [6.07, 6.45) is 1.12. The lowest BCUT2D eigenvalue weighted by atomic mass is 9.96. The number of nitrogens with zero attached hydrogens (tertiary/aromatic N) is 1. The minimum atomic E-state index is 0.617. The Morgan fingerprint density at radius 2 is 1.67 bits per heavy atom. The predicted octanol–water partition coefficient (Wildman–Crippen LogP) is 3.58. The summed E-state index contributed by atoms with van der Waals surface area (Å²) in [5.74, 6) is 0.684. The predicted molar refractivity (Wildman–Crippen MR) is 70.2 cm³/mol. The molecule has 0 N–H and O–H groups in total. The van der Waals surface area contributed by atoms with E-state index in [0.717, 1.165) is 10.9 Å². The molecule has 0 amide bonds. The maximum atomic E-state index is 3.46. The van der Waals surface area contributed by atoms with Crippen LogP contribution in [0.3, 0.4) is 0 Å². The van der Waals surface area contributed by atoms with E-state index in [-0.39, 0.29) is 0 Å². The molecule has 1 rings (SSSR count). The fraction of sp³-hybridized carbons (Fsp3) is 0.538. The van der Waals surface area contributed by atoms with Crippen LogP contribution < -0.4 is 0 Å². The lowest BCUT2D eigenvalue weighted by molar-refractivity contribution is 0.230. The quantitative estimate of drug-likeness (QED) is 0.808. The van der Waals surface area contributed by atoms with Gasteiger partial charge in [-0.15, -0.1) is 0 Å². The van der Waals surface area contributed by atoms with Crippen LogP contribution in [0.25, 0.3) is 0 Å². The molecular formula is C13H20BrN. The van der Waals surface area contributed by atoms with Crippen LogP contribution in [0.1, 0.15) is 19.4 Å². The summed E-state index contributed by atoms with van der Waals surface area (Å²) >= 11 is 3.46. The van der Waals surface area contributed by atoms with E-state index in [9.17, 15) is 0 Å². The molecule has 84 valence electrons. The molecule has 0 saturated heterocycles. The van der Waals surface area contributed by atoms with E-state index in [1.807, 2.05) is 0 Å². The largest absolute Gasteiger partial charge is 0.306 e. The van der Waals surface area contributed by atoms with Crippen LogP contribution in [-0.2, 0) is 6.42 Å². The molecule has 0 heterocycles. The summed E-state index contributed by atoms with van der Waals surface area (Å²) in [5, 5.41) is 0. The third kappa shape index (κ3) is 3.96. The van der Waals surface area contributed by atoms with Crippen molar-refractivity contribution in [3.05, 3.63) is 34.3 Å². The average molecular weight is 270 g/mol. The molecule has 1 aromatic carbocycles. The fourth-order valence-corrected chi connectivity index (χ4v) is 2.14. The highest BCUT2D eigenvalue weighted by Gasteiger charge is 2.15. The Morgan fingerprint density at radius 1 is 1.13 bits per heavy atom. The van der Waals surface area contributed by atoms with Crippen molar-refractivity contribution in [3.8, 4) is 0 Å². The number of rotatable bonds is 4. The number of likely N-dealkylation sites (N-methyl/N-ethyl adjacent to an activating group) is 1. The van der Waals surface area contributed by atoms with E-state index in [2.05, 4.69) is 73.0 Å². The van der Waals surface area contributed by atoms with Crippen molar-refractivity contribution >= 4 is 15.9 Å². The number of hydrogen-bond donors (Lipinski definition) is 0. The molecule has 0 saturated carbocycles. The summed E-state index contributed by atoms with van der Waals surface area (Å²) in [5.41, 5.74) is 1.41. The topological polar surface area (TPSA) is 3.24 Å². The maximum absolute atomic E-state index is 3.46. The van der Waals surface area contributed by atoms with Gasteiger partial charge in [-0.1, -0.05) is 41.9 Å². The minimum Gasteiger partial charge on any atom is -0.306 e. The van der Waals surface area contributed by atoms with Crippen LogP contribution in [0.15, 0.2) is 28.7 Å². The zero-order valence-electron chi connectivity index (χ0n) is 10.00. The highest BCUT2D eigenvalue weighted by atomic mass is 79.9. The SMILES string of the molecule is CC(C)C(Cc1ccc(Br)cc1)N(C)C. The van der Waals surface area contributed by atoms with E-state index >= 15 is 0 Å². The van der Waals surface area contributed by atoms with Gasteiger partial charge in [0, 0.05) is 10.5 Å². The smallest absolute Gasteiger partial charge is 0.0175 e. The van der Waals surface area contributed by atoms with Crippen molar-refractivity contribution in [2.75, 3.05) is 14.1 Å². The van der Waals surface area contributed by atoms with Crippen LogP contribution in [0.2, 0.25) is 0 Å². The van der Waals surface area contributed by atoms with Crippen molar-refractivity contribution in [1.82, 2.24) is 4.90 Å². The highest BCUT2D eigenvalue weighted by Crippen LogP contribution is 2.16. The van der Waals surface area contributed by atoms with E-state index in [1.54, 1.807) is 0 Å². The van der Waals surface area contributed by atoms with Crippen molar-refractivity contribution in [1.29, 1.82) is 0 Å². The van der Waals surface area contributed by atoms with E-state index in [0.29, 0.717) is 12.0 Å². The monoisotopic (exact) mass is 269 g/mol. The molecule has 0 bridgehead atoms. The molecule has 1 atom stereocenters. The summed E-state index contributed by atoms with van der Waals surface area (Å²) in [6.45, 7) is 4.56. The molecule has 15 heavy (non-hydrogen) atoms. The first-order chi connectivity index (χ1) is 7.00. The van der Waals surface area contributed by atoms with Gasteiger partial charge in [0.05, 0.1) is 0 Å². The number of halogens is 1. The molecule has 1 nitrogen and oxygen atoms in total. The molecule has 2 heteroatoms. The first-order valence-electron chi connectivity index (χ1n) is 5.41. The van der Waals surface area contributed by atoms with Crippen LogP contribution in [-0.4, -0.2) is 25.0 Å². The first-order valence-corrected chi connectivity index (χ1v) is 6.21. The zero-order chi connectivity index (χ0) is 11.4. The van der Waals surface area contributed by atoms with Crippen molar-refractivity contribution in [2.45, 2.75) is 26.3 Å². The zero-order valence-corrected chi connectivity index (χ0v) is 11.6. The molecule has 1 unspecified atom stereocenters. The average Bonchev–Trinajstić information content (AvgIpc) is 2.15. The van der Waals surface area contributed by atoms with Gasteiger partial charge in [0.25, 0.3) is 0 Å². The molecular weight excluding hydrogens is 250 g/mol. The van der Waals surface area contributed by atoms with E-state index in [4.69, 9.17) is 0 Å². The lowest BCUT2D eigenvalue weighted by Gasteiger charge is -2.28.